The highest BCUT2D eigenvalue weighted by Gasteiger charge is 2.15. The molecule has 0 unspecified atom stereocenters. The number of guanidine groups is 1. The topological polar surface area (TPSA) is 59.0 Å². The maximum Gasteiger partial charge on any atom is 0.213 e. The van der Waals surface area contributed by atoms with Gasteiger partial charge in [0.05, 0.1) is 13.7 Å². The molecule has 134 valence electrons. The normalized spacial score (nSPS) is 16.0. The Morgan fingerprint density at radius 1 is 1.46 bits per heavy atom. The molecule has 1 saturated heterocycles. The van der Waals surface area contributed by atoms with Gasteiger partial charge in [-0.1, -0.05) is 0 Å². The molecule has 0 aromatic carbocycles. The third-order valence-electron chi connectivity index (χ3n) is 4.33. The predicted octanol–water partition coefficient (Wildman–Crippen LogP) is 2.30. The molecule has 0 radical (unpaired) electrons. The Morgan fingerprint density at radius 2 is 2.25 bits per heavy atom. The van der Waals surface area contributed by atoms with E-state index in [0.29, 0.717) is 12.4 Å². The number of aromatic nitrogens is 1. The highest BCUT2D eigenvalue weighted by Crippen LogP contribution is 2.18. The van der Waals surface area contributed by atoms with Crippen LogP contribution in [0, 0.1) is 5.92 Å². The molecule has 1 fully saturated rings. The summed E-state index contributed by atoms with van der Waals surface area (Å²) in [5, 5.41) is 3.37. The first-order valence-corrected chi connectivity index (χ1v) is 8.79. The average molecular weight is 334 g/mol. The quantitative estimate of drug-likeness (QED) is 0.612. The van der Waals surface area contributed by atoms with Gasteiger partial charge in [-0.15, -0.1) is 0 Å². The van der Waals surface area contributed by atoms with Crippen LogP contribution in [0.4, 0.5) is 0 Å². The van der Waals surface area contributed by atoms with Crippen LogP contribution < -0.4 is 10.1 Å². The smallest absolute Gasteiger partial charge is 0.213 e. The average Bonchev–Trinajstić information content (AvgIpc) is 2.64. The SMILES string of the molecule is CCNC(=NCc1ccnc(OC)c1)N(C)CCC1CCOCC1. The minimum atomic E-state index is 0.614. The molecule has 0 bridgehead atoms. The molecular formula is C18H30N4O2. The molecule has 0 atom stereocenters. The molecule has 0 spiro atoms. The van der Waals surface area contributed by atoms with E-state index in [0.717, 1.165) is 43.7 Å². The van der Waals surface area contributed by atoms with E-state index < -0.39 is 0 Å². The lowest BCUT2D eigenvalue weighted by Crippen LogP contribution is -2.40. The number of pyridine rings is 1. The van der Waals surface area contributed by atoms with Crippen molar-refractivity contribution < 1.29 is 9.47 Å². The first-order valence-electron chi connectivity index (χ1n) is 8.79. The van der Waals surface area contributed by atoms with Gasteiger partial charge in [0.25, 0.3) is 0 Å². The van der Waals surface area contributed by atoms with Crippen molar-refractivity contribution >= 4 is 5.96 Å². The maximum absolute atomic E-state index is 5.43. The fraction of sp³-hybridized carbons (Fsp3) is 0.667. The highest BCUT2D eigenvalue weighted by atomic mass is 16.5. The second kappa shape index (κ2) is 10.1. The van der Waals surface area contributed by atoms with Gasteiger partial charge < -0.3 is 19.7 Å². The van der Waals surface area contributed by atoms with E-state index in [9.17, 15) is 0 Å². The Balaban J connectivity index is 1.90. The van der Waals surface area contributed by atoms with Gasteiger partial charge in [0.15, 0.2) is 5.96 Å². The van der Waals surface area contributed by atoms with Crippen molar-refractivity contribution in [3.8, 4) is 5.88 Å². The molecule has 1 aromatic rings. The summed E-state index contributed by atoms with van der Waals surface area (Å²) < 4.78 is 10.6. The van der Waals surface area contributed by atoms with Crippen LogP contribution in [0.15, 0.2) is 23.3 Å². The van der Waals surface area contributed by atoms with Crippen molar-refractivity contribution in [2.24, 2.45) is 10.9 Å². The molecule has 0 saturated carbocycles. The minimum Gasteiger partial charge on any atom is -0.481 e. The predicted molar refractivity (Wildman–Crippen MR) is 96.4 cm³/mol. The molecule has 0 amide bonds. The number of nitrogens with one attached hydrogen (secondary N) is 1. The number of hydrogen-bond donors (Lipinski definition) is 1. The van der Waals surface area contributed by atoms with Gasteiger partial charge in [0.1, 0.15) is 0 Å². The summed E-state index contributed by atoms with van der Waals surface area (Å²) >= 11 is 0. The third kappa shape index (κ3) is 6.00. The van der Waals surface area contributed by atoms with Gasteiger partial charge in [0, 0.05) is 45.6 Å². The van der Waals surface area contributed by atoms with Crippen molar-refractivity contribution in [1.82, 2.24) is 15.2 Å². The van der Waals surface area contributed by atoms with Crippen LogP contribution >= 0.6 is 0 Å². The Kier molecular flexibility index (Phi) is 7.82. The summed E-state index contributed by atoms with van der Waals surface area (Å²) in [6.07, 6.45) is 5.30. The second-order valence-electron chi connectivity index (χ2n) is 6.14. The van der Waals surface area contributed by atoms with Crippen LogP contribution in [-0.2, 0) is 11.3 Å². The zero-order valence-electron chi connectivity index (χ0n) is 15.1. The summed E-state index contributed by atoms with van der Waals surface area (Å²) in [5.74, 6) is 2.34. The van der Waals surface area contributed by atoms with E-state index in [-0.39, 0.29) is 0 Å². The summed E-state index contributed by atoms with van der Waals surface area (Å²) in [7, 11) is 3.73. The lowest BCUT2D eigenvalue weighted by atomic mass is 9.96. The fourth-order valence-electron chi connectivity index (χ4n) is 2.81. The Labute approximate surface area is 145 Å². The number of ether oxygens (including phenoxy) is 2. The van der Waals surface area contributed by atoms with Crippen LogP contribution in [0.1, 0.15) is 31.7 Å². The molecule has 1 aliphatic rings. The minimum absolute atomic E-state index is 0.614. The molecule has 6 heteroatoms. The number of methoxy groups -OCH3 is 1. The molecule has 1 N–H and O–H groups in total. The van der Waals surface area contributed by atoms with E-state index in [1.54, 1.807) is 13.3 Å². The maximum atomic E-state index is 5.43. The van der Waals surface area contributed by atoms with Gasteiger partial charge >= 0.3 is 0 Å². The van der Waals surface area contributed by atoms with Crippen LogP contribution in [0.2, 0.25) is 0 Å². The third-order valence-corrected chi connectivity index (χ3v) is 4.33. The molecule has 0 aliphatic carbocycles. The van der Waals surface area contributed by atoms with Crippen LogP contribution in [-0.4, -0.2) is 56.3 Å². The monoisotopic (exact) mass is 334 g/mol. The summed E-state index contributed by atoms with van der Waals surface area (Å²) in [5.41, 5.74) is 1.09. The first kappa shape index (κ1) is 18.5. The van der Waals surface area contributed by atoms with Crippen molar-refractivity contribution in [2.75, 3.05) is 40.5 Å². The Bertz CT molecular complexity index is 515. The summed E-state index contributed by atoms with van der Waals surface area (Å²) in [6, 6.07) is 3.90. The van der Waals surface area contributed by atoms with Crippen molar-refractivity contribution in [2.45, 2.75) is 32.7 Å². The van der Waals surface area contributed by atoms with Gasteiger partial charge in [-0.25, -0.2) is 9.98 Å². The van der Waals surface area contributed by atoms with Gasteiger partial charge in [0.2, 0.25) is 5.88 Å². The van der Waals surface area contributed by atoms with E-state index in [2.05, 4.69) is 29.2 Å². The van der Waals surface area contributed by atoms with E-state index in [1.807, 2.05) is 12.1 Å². The lowest BCUT2D eigenvalue weighted by molar-refractivity contribution is 0.0625. The second-order valence-corrected chi connectivity index (χ2v) is 6.14. The molecule has 24 heavy (non-hydrogen) atoms. The zero-order chi connectivity index (χ0) is 17.2. The van der Waals surface area contributed by atoms with E-state index in [1.165, 1.54) is 19.3 Å². The summed E-state index contributed by atoms with van der Waals surface area (Å²) in [6.45, 7) is 6.40. The van der Waals surface area contributed by atoms with Crippen molar-refractivity contribution in [3.63, 3.8) is 0 Å². The number of hydrogen-bond acceptors (Lipinski definition) is 4. The molecule has 2 heterocycles. The Morgan fingerprint density at radius 3 is 2.96 bits per heavy atom. The van der Waals surface area contributed by atoms with E-state index in [4.69, 9.17) is 14.5 Å². The van der Waals surface area contributed by atoms with Crippen LogP contribution in [0.25, 0.3) is 0 Å². The Hall–Kier alpha value is -1.82. The van der Waals surface area contributed by atoms with Crippen molar-refractivity contribution in [3.05, 3.63) is 23.9 Å². The van der Waals surface area contributed by atoms with Crippen molar-refractivity contribution in [1.29, 1.82) is 0 Å². The van der Waals surface area contributed by atoms with Gasteiger partial charge in [-0.05, 0) is 43.7 Å². The zero-order valence-corrected chi connectivity index (χ0v) is 15.1. The van der Waals surface area contributed by atoms with Crippen LogP contribution in [0.5, 0.6) is 5.88 Å². The molecule has 1 aliphatic heterocycles. The van der Waals surface area contributed by atoms with E-state index >= 15 is 0 Å². The fourth-order valence-corrected chi connectivity index (χ4v) is 2.81. The lowest BCUT2D eigenvalue weighted by Gasteiger charge is -2.26. The standard InChI is InChI=1S/C18H30N4O2/c1-4-19-18(21-14-16-5-9-20-17(13-16)23-3)22(2)10-6-15-7-11-24-12-8-15/h5,9,13,15H,4,6-8,10-12,14H2,1-3H3,(H,19,21). The first-order chi connectivity index (χ1) is 11.7. The largest absolute Gasteiger partial charge is 0.481 e. The summed E-state index contributed by atoms with van der Waals surface area (Å²) in [4.78, 5) is 11.1. The van der Waals surface area contributed by atoms with Gasteiger partial charge in [-0.2, -0.15) is 0 Å². The number of rotatable bonds is 7. The molecule has 1 aromatic heterocycles. The number of nitrogens with zero attached hydrogens (tertiary/aromatic N) is 3. The van der Waals surface area contributed by atoms with Crippen LogP contribution in [0.3, 0.4) is 0 Å². The highest BCUT2D eigenvalue weighted by molar-refractivity contribution is 5.79. The van der Waals surface area contributed by atoms with Gasteiger partial charge in [-0.3, -0.25) is 0 Å². The molecule has 6 nitrogen and oxygen atoms in total. The number of aliphatic imine (C=N–C) groups is 1. The molecular weight excluding hydrogens is 304 g/mol. The molecule has 2 rings (SSSR count).